The van der Waals surface area contributed by atoms with E-state index in [2.05, 4.69) is 36.5 Å². The molecule has 1 aliphatic rings. The maximum atomic E-state index is 3.49. The van der Waals surface area contributed by atoms with Gasteiger partial charge in [0.05, 0.1) is 0 Å². The van der Waals surface area contributed by atoms with Crippen LogP contribution in [0.1, 0.15) is 62.5 Å². The van der Waals surface area contributed by atoms with Gasteiger partial charge in [-0.1, -0.05) is 37.6 Å². The third kappa shape index (κ3) is 3.84. The average molecular weight is 245 g/mol. The van der Waals surface area contributed by atoms with Crippen molar-refractivity contribution < 1.29 is 0 Å². The summed E-state index contributed by atoms with van der Waals surface area (Å²) in [6.07, 6.45) is 9.41. The van der Waals surface area contributed by atoms with E-state index in [1.165, 1.54) is 58.0 Å². The minimum Gasteiger partial charge on any atom is -0.317 e. The Morgan fingerprint density at radius 2 is 2.06 bits per heavy atom. The molecule has 2 rings (SSSR count). The van der Waals surface area contributed by atoms with Crippen molar-refractivity contribution in [1.29, 1.82) is 0 Å². The minimum absolute atomic E-state index is 0.834. The number of fused-ring (bicyclic) bond motifs is 1. The summed E-state index contributed by atoms with van der Waals surface area (Å²) in [6, 6.07) is 9.08. The Hall–Kier alpha value is -0.820. The first-order valence-electron chi connectivity index (χ1n) is 7.70. The third-order valence-electron chi connectivity index (χ3n) is 4.08. The van der Waals surface area contributed by atoms with E-state index in [0.717, 1.165) is 5.92 Å². The number of hydrogen-bond donors (Lipinski definition) is 1. The number of unbranched alkanes of at least 4 members (excludes halogenated alkanes) is 1. The molecule has 1 aromatic carbocycles. The van der Waals surface area contributed by atoms with Crippen LogP contribution in [-0.4, -0.2) is 13.1 Å². The van der Waals surface area contributed by atoms with Crippen LogP contribution >= 0.6 is 0 Å². The molecule has 0 fully saturated rings. The lowest BCUT2D eigenvalue weighted by Crippen LogP contribution is -2.16. The van der Waals surface area contributed by atoms with Gasteiger partial charge in [0.2, 0.25) is 0 Å². The Labute approximate surface area is 112 Å². The molecule has 1 nitrogen and oxygen atoms in total. The van der Waals surface area contributed by atoms with Crippen LogP contribution in [0.4, 0.5) is 0 Å². The van der Waals surface area contributed by atoms with Crippen molar-refractivity contribution >= 4 is 0 Å². The molecule has 0 spiro atoms. The Kier molecular flexibility index (Phi) is 5.73. The summed E-state index contributed by atoms with van der Waals surface area (Å²) in [4.78, 5) is 0. The molecular weight excluding hydrogens is 218 g/mol. The number of benzene rings is 1. The minimum atomic E-state index is 0.834. The van der Waals surface area contributed by atoms with Gasteiger partial charge in [0.1, 0.15) is 0 Å². The fourth-order valence-corrected chi connectivity index (χ4v) is 3.10. The summed E-state index contributed by atoms with van der Waals surface area (Å²) in [5.41, 5.74) is 3.25. The van der Waals surface area contributed by atoms with Crippen LogP contribution in [0, 0.1) is 0 Å². The first-order chi connectivity index (χ1) is 8.92. The molecule has 1 heteroatoms. The second-order valence-corrected chi connectivity index (χ2v) is 5.53. The van der Waals surface area contributed by atoms with Crippen LogP contribution in [-0.2, 0) is 6.42 Å². The predicted molar refractivity (Wildman–Crippen MR) is 79.1 cm³/mol. The summed E-state index contributed by atoms with van der Waals surface area (Å²) in [7, 11) is 0. The third-order valence-corrected chi connectivity index (χ3v) is 4.08. The predicted octanol–water partition coefficient (Wildman–Crippen LogP) is 4.28. The highest BCUT2D eigenvalue weighted by molar-refractivity contribution is 5.32. The van der Waals surface area contributed by atoms with Crippen molar-refractivity contribution in [2.45, 2.75) is 57.8 Å². The van der Waals surface area contributed by atoms with Crippen molar-refractivity contribution in [3.8, 4) is 0 Å². The topological polar surface area (TPSA) is 12.0 Å². The molecule has 18 heavy (non-hydrogen) atoms. The largest absolute Gasteiger partial charge is 0.317 e. The molecule has 0 saturated heterocycles. The smallest absolute Gasteiger partial charge is 0.00489 e. The van der Waals surface area contributed by atoms with Crippen molar-refractivity contribution in [2.75, 3.05) is 13.1 Å². The normalized spacial score (nSPS) is 18.6. The van der Waals surface area contributed by atoms with Crippen LogP contribution in [0.3, 0.4) is 0 Å². The molecule has 1 unspecified atom stereocenters. The van der Waals surface area contributed by atoms with Crippen molar-refractivity contribution in [3.05, 3.63) is 35.4 Å². The number of hydrogen-bond acceptors (Lipinski definition) is 1. The molecule has 0 aliphatic heterocycles. The van der Waals surface area contributed by atoms with Crippen molar-refractivity contribution in [2.24, 2.45) is 0 Å². The van der Waals surface area contributed by atoms with Gasteiger partial charge < -0.3 is 5.32 Å². The fraction of sp³-hybridized carbons (Fsp3) is 0.647. The van der Waals surface area contributed by atoms with Crippen molar-refractivity contribution in [1.82, 2.24) is 5.32 Å². The molecule has 1 atom stereocenters. The van der Waals surface area contributed by atoms with Crippen LogP contribution in [0.15, 0.2) is 24.3 Å². The number of aryl methyl sites for hydroxylation is 1. The van der Waals surface area contributed by atoms with Gasteiger partial charge in [0, 0.05) is 0 Å². The molecule has 0 saturated carbocycles. The Morgan fingerprint density at radius 1 is 1.17 bits per heavy atom. The van der Waals surface area contributed by atoms with Crippen LogP contribution in [0.25, 0.3) is 0 Å². The molecule has 0 bridgehead atoms. The zero-order valence-electron chi connectivity index (χ0n) is 11.8. The van der Waals surface area contributed by atoms with Crippen LogP contribution < -0.4 is 5.32 Å². The summed E-state index contributed by atoms with van der Waals surface area (Å²) in [5.74, 6) is 0.834. The molecule has 0 radical (unpaired) electrons. The fourth-order valence-electron chi connectivity index (χ4n) is 3.10. The second kappa shape index (κ2) is 7.58. The van der Waals surface area contributed by atoms with Crippen LogP contribution in [0.2, 0.25) is 0 Å². The van der Waals surface area contributed by atoms with Gasteiger partial charge in [-0.2, -0.15) is 0 Å². The molecular formula is C17H27N. The highest BCUT2D eigenvalue weighted by Crippen LogP contribution is 2.34. The molecule has 0 heterocycles. The maximum Gasteiger partial charge on any atom is -0.00489 e. The maximum absolute atomic E-state index is 3.49. The van der Waals surface area contributed by atoms with E-state index in [4.69, 9.17) is 0 Å². The molecule has 0 amide bonds. The number of nitrogens with one attached hydrogen (secondary N) is 1. The quantitative estimate of drug-likeness (QED) is 0.707. The molecule has 1 aliphatic carbocycles. The SMILES string of the molecule is CCCNCCCCC1CCCc2ccccc21. The lowest BCUT2D eigenvalue weighted by Gasteiger charge is -2.25. The highest BCUT2D eigenvalue weighted by Gasteiger charge is 2.18. The van der Waals surface area contributed by atoms with Crippen LogP contribution in [0.5, 0.6) is 0 Å². The van der Waals surface area contributed by atoms with Gasteiger partial charge in [0.25, 0.3) is 0 Å². The van der Waals surface area contributed by atoms with Gasteiger partial charge in [-0.15, -0.1) is 0 Å². The second-order valence-electron chi connectivity index (χ2n) is 5.53. The summed E-state index contributed by atoms with van der Waals surface area (Å²) in [6.45, 7) is 4.60. The summed E-state index contributed by atoms with van der Waals surface area (Å²) < 4.78 is 0. The van der Waals surface area contributed by atoms with E-state index in [1.54, 1.807) is 11.1 Å². The molecule has 100 valence electrons. The molecule has 1 aromatic rings. The van der Waals surface area contributed by atoms with Gasteiger partial charge in [-0.05, 0) is 68.7 Å². The highest BCUT2D eigenvalue weighted by atomic mass is 14.8. The van der Waals surface area contributed by atoms with Crippen molar-refractivity contribution in [3.63, 3.8) is 0 Å². The van der Waals surface area contributed by atoms with E-state index >= 15 is 0 Å². The van der Waals surface area contributed by atoms with Gasteiger partial charge in [-0.3, -0.25) is 0 Å². The van der Waals surface area contributed by atoms with E-state index in [0.29, 0.717) is 0 Å². The summed E-state index contributed by atoms with van der Waals surface area (Å²) in [5, 5.41) is 3.49. The summed E-state index contributed by atoms with van der Waals surface area (Å²) >= 11 is 0. The Balaban J connectivity index is 1.74. The van der Waals surface area contributed by atoms with Gasteiger partial charge in [0.15, 0.2) is 0 Å². The first-order valence-corrected chi connectivity index (χ1v) is 7.70. The zero-order chi connectivity index (χ0) is 12.6. The van der Waals surface area contributed by atoms with E-state index in [-0.39, 0.29) is 0 Å². The monoisotopic (exact) mass is 245 g/mol. The lowest BCUT2D eigenvalue weighted by molar-refractivity contribution is 0.488. The Bertz CT molecular complexity index is 345. The average Bonchev–Trinajstić information content (AvgIpc) is 2.43. The standard InChI is InChI=1S/C17H27N/c1-2-13-18-14-6-5-9-16-11-7-10-15-8-3-4-12-17(15)16/h3-4,8,12,16,18H,2,5-7,9-11,13-14H2,1H3. The van der Waals surface area contributed by atoms with E-state index < -0.39 is 0 Å². The number of rotatable bonds is 7. The molecule has 1 N–H and O–H groups in total. The lowest BCUT2D eigenvalue weighted by atomic mass is 9.80. The van der Waals surface area contributed by atoms with E-state index in [9.17, 15) is 0 Å². The molecule has 0 aromatic heterocycles. The van der Waals surface area contributed by atoms with E-state index in [1.807, 2.05) is 0 Å². The van der Waals surface area contributed by atoms with Gasteiger partial charge >= 0.3 is 0 Å². The Morgan fingerprint density at radius 3 is 2.94 bits per heavy atom. The van der Waals surface area contributed by atoms with Gasteiger partial charge in [-0.25, -0.2) is 0 Å². The zero-order valence-corrected chi connectivity index (χ0v) is 11.8. The first kappa shape index (κ1) is 13.6.